The molecule has 24 heavy (non-hydrogen) atoms. The van der Waals surface area contributed by atoms with Gasteiger partial charge in [-0.15, -0.1) is 0 Å². The molecule has 2 amide bonds. The first-order valence-corrected chi connectivity index (χ1v) is 8.91. The normalized spacial score (nSPS) is 16.7. The zero-order chi connectivity index (χ0) is 17.5. The van der Waals surface area contributed by atoms with E-state index in [1.807, 2.05) is 13.8 Å². The predicted octanol–water partition coefficient (Wildman–Crippen LogP) is 2.35. The molecule has 1 aliphatic heterocycles. The topological polar surface area (TPSA) is 70.2 Å². The van der Waals surface area contributed by atoms with Gasteiger partial charge in [-0.25, -0.2) is 0 Å². The monoisotopic (exact) mass is 351 g/mol. The Labute approximate surface area is 148 Å². The maximum atomic E-state index is 12.6. The molecule has 5 nitrogen and oxygen atoms in total. The number of hydrogen-bond donors (Lipinski definition) is 3. The van der Waals surface area contributed by atoms with Crippen LogP contribution in [-0.4, -0.2) is 37.0 Å². The average Bonchev–Trinajstić information content (AvgIpc) is 2.55. The van der Waals surface area contributed by atoms with Crippen LogP contribution in [0.2, 0.25) is 5.02 Å². The second-order valence-corrected chi connectivity index (χ2v) is 7.13. The quantitative estimate of drug-likeness (QED) is 0.736. The van der Waals surface area contributed by atoms with Crippen LogP contribution in [-0.2, 0) is 4.79 Å². The average molecular weight is 352 g/mol. The van der Waals surface area contributed by atoms with E-state index < -0.39 is 6.04 Å². The number of hydrogen-bond acceptors (Lipinski definition) is 3. The first-order valence-electron chi connectivity index (χ1n) is 8.53. The highest BCUT2D eigenvalue weighted by molar-refractivity contribution is 6.30. The van der Waals surface area contributed by atoms with Crippen LogP contribution in [0.25, 0.3) is 0 Å². The highest BCUT2D eigenvalue weighted by atomic mass is 35.5. The Bertz CT molecular complexity index is 554. The van der Waals surface area contributed by atoms with Crippen LogP contribution in [0.5, 0.6) is 0 Å². The van der Waals surface area contributed by atoms with Crippen LogP contribution in [0.3, 0.4) is 0 Å². The van der Waals surface area contributed by atoms with Gasteiger partial charge < -0.3 is 16.0 Å². The van der Waals surface area contributed by atoms with Crippen molar-refractivity contribution in [2.45, 2.75) is 45.2 Å². The molecule has 0 aromatic heterocycles. The fraction of sp³-hybridized carbons (Fsp3) is 0.556. The maximum absolute atomic E-state index is 12.6. The van der Waals surface area contributed by atoms with Crippen LogP contribution in [0.4, 0.5) is 0 Å². The molecule has 1 saturated heterocycles. The lowest BCUT2D eigenvalue weighted by molar-refractivity contribution is -0.124. The van der Waals surface area contributed by atoms with E-state index in [2.05, 4.69) is 16.0 Å². The maximum Gasteiger partial charge on any atom is 0.251 e. The minimum Gasteiger partial charge on any atom is -0.351 e. The van der Waals surface area contributed by atoms with Gasteiger partial charge in [-0.1, -0.05) is 25.4 Å². The number of halogens is 1. The molecule has 0 saturated carbocycles. The summed E-state index contributed by atoms with van der Waals surface area (Å²) in [4.78, 5) is 25.0. The molecule has 1 aliphatic rings. The fourth-order valence-corrected chi connectivity index (χ4v) is 2.94. The first kappa shape index (κ1) is 18.7. The first-order chi connectivity index (χ1) is 11.5. The number of amides is 2. The van der Waals surface area contributed by atoms with Gasteiger partial charge in [0, 0.05) is 16.6 Å². The SMILES string of the molecule is CC(C)CC(NC(=O)c1ccc(Cl)cc1)C(=O)NC1CCNCC1. The van der Waals surface area contributed by atoms with Crippen LogP contribution in [0, 0.1) is 5.92 Å². The zero-order valence-corrected chi connectivity index (χ0v) is 15.0. The summed E-state index contributed by atoms with van der Waals surface area (Å²) in [5.74, 6) is -0.0463. The van der Waals surface area contributed by atoms with Crippen LogP contribution < -0.4 is 16.0 Å². The number of benzene rings is 1. The fourth-order valence-electron chi connectivity index (χ4n) is 2.81. The van der Waals surface area contributed by atoms with E-state index in [4.69, 9.17) is 11.6 Å². The van der Waals surface area contributed by atoms with Crippen molar-refractivity contribution >= 4 is 23.4 Å². The van der Waals surface area contributed by atoms with Gasteiger partial charge in [-0.05, 0) is 62.5 Å². The van der Waals surface area contributed by atoms with Crippen molar-refractivity contribution in [3.63, 3.8) is 0 Å². The van der Waals surface area contributed by atoms with Crippen LogP contribution >= 0.6 is 11.6 Å². The van der Waals surface area contributed by atoms with E-state index in [-0.39, 0.29) is 17.9 Å². The third kappa shape index (κ3) is 5.80. The van der Waals surface area contributed by atoms with Crippen molar-refractivity contribution < 1.29 is 9.59 Å². The molecule has 1 fully saturated rings. The Balaban J connectivity index is 1.99. The lowest BCUT2D eigenvalue weighted by Crippen LogP contribution is -2.52. The van der Waals surface area contributed by atoms with E-state index in [0.29, 0.717) is 22.9 Å². The zero-order valence-electron chi connectivity index (χ0n) is 14.3. The molecule has 1 aromatic carbocycles. The predicted molar refractivity (Wildman–Crippen MR) is 96.2 cm³/mol. The van der Waals surface area contributed by atoms with E-state index in [1.165, 1.54) is 0 Å². The molecule has 0 spiro atoms. The van der Waals surface area contributed by atoms with Crippen molar-refractivity contribution in [3.8, 4) is 0 Å². The minimum absolute atomic E-state index is 0.0992. The molecular formula is C18H26ClN3O2. The molecule has 0 bridgehead atoms. The van der Waals surface area contributed by atoms with Gasteiger partial charge in [-0.3, -0.25) is 9.59 Å². The molecule has 1 heterocycles. The summed E-state index contributed by atoms with van der Waals surface area (Å²) in [5, 5.41) is 9.79. The molecule has 1 atom stereocenters. The molecule has 2 rings (SSSR count). The van der Waals surface area contributed by atoms with Gasteiger partial charge in [0.25, 0.3) is 5.91 Å². The Kier molecular flexibility index (Phi) is 7.06. The summed E-state index contributed by atoms with van der Waals surface area (Å²) < 4.78 is 0. The highest BCUT2D eigenvalue weighted by Crippen LogP contribution is 2.12. The van der Waals surface area contributed by atoms with Gasteiger partial charge in [0.15, 0.2) is 0 Å². The molecule has 1 unspecified atom stereocenters. The van der Waals surface area contributed by atoms with Crippen molar-refractivity contribution in [2.24, 2.45) is 5.92 Å². The van der Waals surface area contributed by atoms with E-state index >= 15 is 0 Å². The summed E-state index contributed by atoms with van der Waals surface area (Å²) in [7, 11) is 0. The van der Waals surface area contributed by atoms with Gasteiger partial charge >= 0.3 is 0 Å². The molecule has 132 valence electrons. The van der Waals surface area contributed by atoms with Gasteiger partial charge in [0.05, 0.1) is 0 Å². The lowest BCUT2D eigenvalue weighted by atomic mass is 10.0. The summed E-state index contributed by atoms with van der Waals surface area (Å²) >= 11 is 5.85. The van der Waals surface area contributed by atoms with E-state index in [0.717, 1.165) is 25.9 Å². The Morgan fingerprint density at radius 3 is 2.42 bits per heavy atom. The number of rotatable bonds is 6. The highest BCUT2D eigenvalue weighted by Gasteiger charge is 2.25. The van der Waals surface area contributed by atoms with Crippen molar-refractivity contribution in [2.75, 3.05) is 13.1 Å². The summed E-state index contributed by atoms with van der Waals surface area (Å²) in [6.45, 7) is 5.91. The summed E-state index contributed by atoms with van der Waals surface area (Å²) in [6.07, 6.45) is 2.45. The van der Waals surface area contributed by atoms with Crippen LogP contribution in [0.15, 0.2) is 24.3 Å². The third-order valence-corrected chi connectivity index (χ3v) is 4.37. The van der Waals surface area contributed by atoms with E-state index in [1.54, 1.807) is 24.3 Å². The summed E-state index contributed by atoms with van der Waals surface area (Å²) in [5.41, 5.74) is 0.503. The minimum atomic E-state index is -0.525. The van der Waals surface area contributed by atoms with Crippen molar-refractivity contribution in [1.29, 1.82) is 0 Å². The molecule has 3 N–H and O–H groups in total. The molecule has 1 aromatic rings. The number of carbonyl (C=O) groups is 2. The molecule has 6 heteroatoms. The smallest absolute Gasteiger partial charge is 0.251 e. The van der Waals surface area contributed by atoms with Crippen LogP contribution in [0.1, 0.15) is 43.5 Å². The standard InChI is InChI=1S/C18H26ClN3O2/c1-12(2)11-16(18(24)21-15-7-9-20-10-8-15)22-17(23)13-3-5-14(19)6-4-13/h3-6,12,15-16,20H,7-11H2,1-2H3,(H,21,24)(H,22,23). The second-order valence-electron chi connectivity index (χ2n) is 6.70. The Hall–Kier alpha value is -1.59. The third-order valence-electron chi connectivity index (χ3n) is 4.12. The Morgan fingerprint density at radius 1 is 1.21 bits per heavy atom. The van der Waals surface area contributed by atoms with Gasteiger partial charge in [-0.2, -0.15) is 0 Å². The molecule has 0 radical (unpaired) electrons. The number of carbonyl (C=O) groups excluding carboxylic acids is 2. The number of nitrogens with one attached hydrogen (secondary N) is 3. The largest absolute Gasteiger partial charge is 0.351 e. The van der Waals surface area contributed by atoms with E-state index in [9.17, 15) is 9.59 Å². The second kappa shape index (κ2) is 9.04. The molecule has 0 aliphatic carbocycles. The number of piperidine rings is 1. The Morgan fingerprint density at radius 2 is 1.83 bits per heavy atom. The summed E-state index contributed by atoms with van der Waals surface area (Å²) in [6, 6.07) is 6.32. The lowest BCUT2D eigenvalue weighted by Gasteiger charge is -2.27. The van der Waals surface area contributed by atoms with Crippen molar-refractivity contribution in [3.05, 3.63) is 34.9 Å². The van der Waals surface area contributed by atoms with Crippen molar-refractivity contribution in [1.82, 2.24) is 16.0 Å². The van der Waals surface area contributed by atoms with Gasteiger partial charge in [0.1, 0.15) is 6.04 Å². The molecular weight excluding hydrogens is 326 g/mol. The van der Waals surface area contributed by atoms with Gasteiger partial charge in [0.2, 0.25) is 5.91 Å².